The summed E-state index contributed by atoms with van der Waals surface area (Å²) in [6.07, 6.45) is 2.65. The van der Waals surface area contributed by atoms with E-state index in [1.807, 2.05) is 4.90 Å². The summed E-state index contributed by atoms with van der Waals surface area (Å²) in [5.74, 6) is 1.13. The summed E-state index contributed by atoms with van der Waals surface area (Å²) in [6.45, 7) is 8.25. The van der Waals surface area contributed by atoms with Gasteiger partial charge in [-0.25, -0.2) is 0 Å². The summed E-state index contributed by atoms with van der Waals surface area (Å²) in [4.78, 5) is 20.6. The molecule has 1 aliphatic rings. The highest BCUT2D eigenvalue weighted by molar-refractivity contribution is 14.0. The molecule has 1 aromatic rings. The van der Waals surface area contributed by atoms with Gasteiger partial charge in [0.05, 0.1) is 12.6 Å². The smallest absolute Gasteiger partial charge is 0.222 e. The molecule has 0 radical (unpaired) electrons. The van der Waals surface area contributed by atoms with E-state index in [2.05, 4.69) is 67.7 Å². The van der Waals surface area contributed by atoms with Crippen molar-refractivity contribution in [1.82, 2.24) is 20.4 Å². The second-order valence-corrected chi connectivity index (χ2v) is 7.37. The minimum absolute atomic E-state index is 0. The van der Waals surface area contributed by atoms with Crippen molar-refractivity contribution < 1.29 is 4.79 Å². The van der Waals surface area contributed by atoms with Crippen LogP contribution >= 0.6 is 24.0 Å². The molecule has 1 fully saturated rings. The van der Waals surface area contributed by atoms with Gasteiger partial charge in [0.25, 0.3) is 0 Å². The monoisotopic (exact) mass is 501 g/mol. The second-order valence-electron chi connectivity index (χ2n) is 7.37. The molecule has 1 aliphatic heterocycles. The third kappa shape index (κ3) is 7.95. The Bertz CT molecular complexity index is 618. The second kappa shape index (κ2) is 13.0. The van der Waals surface area contributed by atoms with Crippen molar-refractivity contribution in [3.8, 4) is 0 Å². The van der Waals surface area contributed by atoms with Gasteiger partial charge in [-0.15, -0.1) is 24.0 Å². The molecule has 28 heavy (non-hydrogen) atoms. The van der Waals surface area contributed by atoms with Crippen molar-refractivity contribution in [3.05, 3.63) is 35.4 Å². The molecule has 1 amide bonds. The van der Waals surface area contributed by atoms with Crippen molar-refractivity contribution >= 4 is 35.8 Å². The largest absolute Gasteiger partial charge is 0.357 e. The average molecular weight is 501 g/mol. The first-order chi connectivity index (χ1) is 13.0. The number of carbonyl (C=O) groups excluding carboxylic acids is 1. The minimum Gasteiger partial charge on any atom is -0.357 e. The summed E-state index contributed by atoms with van der Waals surface area (Å²) >= 11 is 0. The predicted molar refractivity (Wildman–Crippen MR) is 127 cm³/mol. The van der Waals surface area contributed by atoms with Gasteiger partial charge >= 0.3 is 0 Å². The van der Waals surface area contributed by atoms with Crippen molar-refractivity contribution in [1.29, 1.82) is 0 Å². The van der Waals surface area contributed by atoms with Gasteiger partial charge in [0.15, 0.2) is 5.96 Å². The molecule has 2 rings (SSSR count). The Balaban J connectivity index is 0.00000392. The molecule has 0 saturated carbocycles. The number of nitrogens with zero attached hydrogens (tertiary/aromatic N) is 3. The molecule has 7 heteroatoms. The van der Waals surface area contributed by atoms with Crippen molar-refractivity contribution in [2.24, 2.45) is 4.99 Å². The van der Waals surface area contributed by atoms with E-state index in [0.29, 0.717) is 18.9 Å². The maximum absolute atomic E-state index is 11.7. The first kappa shape index (κ1) is 24.7. The molecule has 0 aliphatic carbocycles. The van der Waals surface area contributed by atoms with Crippen LogP contribution in [-0.2, 0) is 4.79 Å². The molecule has 1 atom stereocenters. The van der Waals surface area contributed by atoms with Crippen LogP contribution in [0.3, 0.4) is 0 Å². The zero-order valence-electron chi connectivity index (χ0n) is 17.7. The van der Waals surface area contributed by atoms with Gasteiger partial charge in [-0.2, -0.15) is 0 Å². The van der Waals surface area contributed by atoms with Gasteiger partial charge in [0.1, 0.15) is 0 Å². The number of benzene rings is 1. The van der Waals surface area contributed by atoms with Gasteiger partial charge in [-0.1, -0.05) is 29.8 Å². The topological polar surface area (TPSA) is 60.0 Å². The molecule has 0 spiro atoms. The Morgan fingerprint density at radius 3 is 2.54 bits per heavy atom. The third-order valence-electron chi connectivity index (χ3n) is 4.92. The SMILES string of the molecule is CCNC(=NCC(c1ccc(C)cc1)N(C)C)NCCCN1CCCC1=O.I. The van der Waals surface area contributed by atoms with E-state index in [1.54, 1.807) is 0 Å². The highest BCUT2D eigenvalue weighted by atomic mass is 127. The number of rotatable bonds is 9. The lowest BCUT2D eigenvalue weighted by atomic mass is 10.0. The van der Waals surface area contributed by atoms with Crippen LogP contribution in [0.25, 0.3) is 0 Å². The maximum Gasteiger partial charge on any atom is 0.222 e. The maximum atomic E-state index is 11.7. The number of halogens is 1. The first-order valence-electron chi connectivity index (χ1n) is 10.0. The molecule has 6 nitrogen and oxygen atoms in total. The number of carbonyl (C=O) groups is 1. The van der Waals surface area contributed by atoms with Crippen LogP contribution in [0, 0.1) is 6.92 Å². The van der Waals surface area contributed by atoms with E-state index < -0.39 is 0 Å². The molecule has 0 aromatic heterocycles. The number of amides is 1. The van der Waals surface area contributed by atoms with E-state index in [1.165, 1.54) is 11.1 Å². The summed E-state index contributed by atoms with van der Waals surface area (Å²) < 4.78 is 0. The van der Waals surface area contributed by atoms with Crippen LogP contribution in [0.2, 0.25) is 0 Å². The number of aryl methyl sites for hydroxylation is 1. The Kier molecular flexibility index (Phi) is 11.4. The van der Waals surface area contributed by atoms with Gasteiger partial charge in [-0.3, -0.25) is 9.79 Å². The van der Waals surface area contributed by atoms with Crippen LogP contribution in [0.5, 0.6) is 0 Å². The lowest BCUT2D eigenvalue weighted by Crippen LogP contribution is -2.39. The normalized spacial score (nSPS) is 15.5. The molecule has 0 bridgehead atoms. The van der Waals surface area contributed by atoms with Crippen LogP contribution in [-0.4, -0.2) is 68.5 Å². The predicted octanol–water partition coefficient (Wildman–Crippen LogP) is 2.78. The van der Waals surface area contributed by atoms with Crippen molar-refractivity contribution in [2.75, 3.05) is 46.8 Å². The summed E-state index contributed by atoms with van der Waals surface area (Å²) in [7, 11) is 4.18. The fraction of sp³-hybridized carbons (Fsp3) is 0.619. The fourth-order valence-electron chi connectivity index (χ4n) is 3.29. The number of aliphatic imine (C=N–C) groups is 1. The Morgan fingerprint density at radius 2 is 1.96 bits per heavy atom. The van der Waals surface area contributed by atoms with Gasteiger partial charge in [-0.05, 0) is 46.3 Å². The van der Waals surface area contributed by atoms with Gasteiger partial charge < -0.3 is 20.4 Å². The number of hydrogen-bond acceptors (Lipinski definition) is 3. The van der Waals surface area contributed by atoms with Crippen LogP contribution < -0.4 is 10.6 Å². The molecular weight excluding hydrogens is 465 g/mol. The van der Waals surface area contributed by atoms with Gasteiger partial charge in [0, 0.05) is 32.6 Å². The number of guanidine groups is 1. The Morgan fingerprint density at radius 1 is 1.25 bits per heavy atom. The molecule has 2 N–H and O–H groups in total. The molecule has 1 unspecified atom stereocenters. The summed E-state index contributed by atoms with van der Waals surface area (Å²) in [6, 6.07) is 8.91. The molecule has 158 valence electrons. The quantitative estimate of drug-likeness (QED) is 0.237. The van der Waals surface area contributed by atoms with Crippen LogP contribution in [0.15, 0.2) is 29.3 Å². The summed E-state index contributed by atoms with van der Waals surface area (Å²) in [5.41, 5.74) is 2.55. The molecule has 1 heterocycles. The Labute approximate surface area is 187 Å². The van der Waals surface area contributed by atoms with Gasteiger partial charge in [0.2, 0.25) is 5.91 Å². The molecular formula is C21H36IN5O. The van der Waals surface area contributed by atoms with Crippen LogP contribution in [0.4, 0.5) is 0 Å². The third-order valence-corrected chi connectivity index (χ3v) is 4.92. The Hall–Kier alpha value is -1.35. The average Bonchev–Trinajstić information content (AvgIpc) is 3.05. The fourth-order valence-corrected chi connectivity index (χ4v) is 3.29. The molecule has 1 aromatic carbocycles. The highest BCUT2D eigenvalue weighted by Crippen LogP contribution is 2.19. The number of likely N-dealkylation sites (N-methyl/N-ethyl adjacent to an activating group) is 1. The molecule has 1 saturated heterocycles. The number of likely N-dealkylation sites (tertiary alicyclic amines) is 1. The summed E-state index contributed by atoms with van der Waals surface area (Å²) in [5, 5.41) is 6.71. The van der Waals surface area contributed by atoms with Crippen LogP contribution in [0.1, 0.15) is 43.4 Å². The van der Waals surface area contributed by atoms with E-state index in [0.717, 1.165) is 45.0 Å². The van der Waals surface area contributed by atoms with E-state index in [9.17, 15) is 4.79 Å². The van der Waals surface area contributed by atoms with Crippen molar-refractivity contribution in [2.45, 2.75) is 39.2 Å². The van der Waals surface area contributed by atoms with E-state index in [-0.39, 0.29) is 30.0 Å². The zero-order valence-corrected chi connectivity index (χ0v) is 20.0. The minimum atomic E-state index is 0. The standard InChI is InChI=1S/C21H35N5O.HI/c1-5-22-21(23-13-7-15-26-14-6-8-20(26)27)24-16-19(25(3)4)18-11-9-17(2)10-12-18;/h9-12,19H,5-8,13-16H2,1-4H3,(H2,22,23,24);1H. The lowest BCUT2D eigenvalue weighted by Gasteiger charge is -2.24. The number of nitrogens with one attached hydrogen (secondary N) is 2. The first-order valence-corrected chi connectivity index (χ1v) is 10.0. The van der Waals surface area contributed by atoms with E-state index >= 15 is 0 Å². The van der Waals surface area contributed by atoms with E-state index in [4.69, 9.17) is 4.99 Å². The highest BCUT2D eigenvalue weighted by Gasteiger charge is 2.19. The lowest BCUT2D eigenvalue weighted by molar-refractivity contribution is -0.127. The number of hydrogen-bond donors (Lipinski definition) is 2. The van der Waals surface area contributed by atoms with Crippen molar-refractivity contribution in [3.63, 3.8) is 0 Å². The zero-order chi connectivity index (χ0) is 19.6.